The normalized spacial score (nSPS) is 10.8. The Morgan fingerprint density at radius 1 is 1.50 bits per heavy atom. The monoisotopic (exact) mass is 373 g/mol. The summed E-state index contributed by atoms with van der Waals surface area (Å²) < 4.78 is 30.8. The average molecular weight is 374 g/mol. The average Bonchev–Trinajstić information content (AvgIpc) is 2.82. The van der Waals surface area contributed by atoms with E-state index in [4.69, 9.17) is 0 Å². The molecular formula is C14H14BrF2N3O2. The molecule has 0 aliphatic rings. The number of amides is 1. The van der Waals surface area contributed by atoms with E-state index in [-0.39, 0.29) is 11.7 Å². The topological polar surface area (TPSA) is 56.2 Å². The van der Waals surface area contributed by atoms with E-state index < -0.39 is 6.61 Å². The lowest BCUT2D eigenvalue weighted by atomic mass is 10.2. The first-order valence-electron chi connectivity index (χ1n) is 6.50. The molecule has 0 fully saturated rings. The van der Waals surface area contributed by atoms with Crippen LogP contribution in [-0.2, 0) is 6.54 Å². The van der Waals surface area contributed by atoms with Crippen LogP contribution in [0, 0.1) is 6.92 Å². The lowest BCUT2D eigenvalue weighted by Crippen LogP contribution is -2.18. The van der Waals surface area contributed by atoms with Crippen LogP contribution in [0.25, 0.3) is 0 Å². The second-order valence-electron chi connectivity index (χ2n) is 4.47. The highest BCUT2D eigenvalue weighted by Crippen LogP contribution is 2.24. The summed E-state index contributed by atoms with van der Waals surface area (Å²) in [7, 11) is 0. The predicted octanol–water partition coefficient (Wildman–Crippen LogP) is 3.83. The highest BCUT2D eigenvalue weighted by Gasteiger charge is 2.17. The molecule has 5 nitrogen and oxygen atoms in total. The van der Waals surface area contributed by atoms with E-state index in [1.165, 1.54) is 18.2 Å². The third kappa shape index (κ3) is 3.62. The molecule has 1 N–H and O–H groups in total. The number of halogens is 3. The number of carbonyl (C=O) groups is 1. The van der Waals surface area contributed by atoms with Crippen molar-refractivity contribution in [2.75, 3.05) is 5.32 Å². The van der Waals surface area contributed by atoms with Crippen molar-refractivity contribution >= 4 is 27.5 Å². The SMILES string of the molecule is CCn1ncc(Br)c1C(=O)Nc1ccc(OC(F)F)cc1C. The van der Waals surface area contributed by atoms with Gasteiger partial charge in [0.25, 0.3) is 5.91 Å². The van der Waals surface area contributed by atoms with E-state index in [9.17, 15) is 13.6 Å². The minimum atomic E-state index is -2.88. The van der Waals surface area contributed by atoms with Gasteiger partial charge in [0.05, 0.1) is 10.7 Å². The number of aryl methyl sites for hydroxylation is 2. The molecule has 0 bridgehead atoms. The van der Waals surface area contributed by atoms with Gasteiger partial charge in [-0.25, -0.2) is 0 Å². The van der Waals surface area contributed by atoms with E-state index in [1.54, 1.807) is 17.8 Å². The van der Waals surface area contributed by atoms with Crippen molar-refractivity contribution < 1.29 is 18.3 Å². The summed E-state index contributed by atoms with van der Waals surface area (Å²) in [6, 6.07) is 4.33. The Balaban J connectivity index is 2.20. The van der Waals surface area contributed by atoms with E-state index in [0.29, 0.717) is 28.0 Å². The molecule has 2 aromatic rings. The molecule has 8 heteroatoms. The Morgan fingerprint density at radius 3 is 2.82 bits per heavy atom. The van der Waals surface area contributed by atoms with Gasteiger partial charge in [-0.05, 0) is 53.5 Å². The van der Waals surface area contributed by atoms with Crippen LogP contribution < -0.4 is 10.1 Å². The zero-order valence-electron chi connectivity index (χ0n) is 11.9. The number of rotatable bonds is 5. The predicted molar refractivity (Wildman–Crippen MR) is 81.4 cm³/mol. The molecule has 1 aromatic heterocycles. The number of ether oxygens (including phenoxy) is 1. The molecule has 0 radical (unpaired) electrons. The van der Waals surface area contributed by atoms with Gasteiger partial charge in [0.2, 0.25) is 0 Å². The molecule has 0 aliphatic carbocycles. The number of alkyl halides is 2. The summed E-state index contributed by atoms with van der Waals surface area (Å²) in [5, 5.41) is 6.81. The number of aromatic nitrogens is 2. The maximum atomic E-state index is 12.3. The smallest absolute Gasteiger partial charge is 0.387 e. The van der Waals surface area contributed by atoms with Crippen molar-refractivity contribution in [2.24, 2.45) is 0 Å². The minimum absolute atomic E-state index is 0.0466. The molecule has 1 amide bonds. The van der Waals surface area contributed by atoms with Crippen LogP contribution in [0.5, 0.6) is 5.75 Å². The zero-order valence-corrected chi connectivity index (χ0v) is 13.5. The van der Waals surface area contributed by atoms with Crippen LogP contribution in [0.15, 0.2) is 28.9 Å². The summed E-state index contributed by atoms with van der Waals surface area (Å²) in [6.07, 6.45) is 1.55. The van der Waals surface area contributed by atoms with Gasteiger partial charge in [-0.1, -0.05) is 0 Å². The summed E-state index contributed by atoms with van der Waals surface area (Å²) in [4.78, 5) is 12.3. The highest BCUT2D eigenvalue weighted by atomic mass is 79.9. The number of benzene rings is 1. The fourth-order valence-electron chi connectivity index (χ4n) is 1.96. The largest absolute Gasteiger partial charge is 0.435 e. The summed E-state index contributed by atoms with van der Waals surface area (Å²) in [5.41, 5.74) is 1.53. The maximum absolute atomic E-state index is 12.3. The first kappa shape index (κ1) is 16.4. The molecule has 1 heterocycles. The number of anilines is 1. The first-order valence-corrected chi connectivity index (χ1v) is 7.29. The van der Waals surface area contributed by atoms with Crippen molar-refractivity contribution in [3.63, 3.8) is 0 Å². The number of hydrogen-bond donors (Lipinski definition) is 1. The Hall–Kier alpha value is -1.96. The Kier molecular flexibility index (Phi) is 5.12. The van der Waals surface area contributed by atoms with Gasteiger partial charge in [0, 0.05) is 12.2 Å². The van der Waals surface area contributed by atoms with Crippen molar-refractivity contribution in [1.29, 1.82) is 0 Å². The molecule has 118 valence electrons. The highest BCUT2D eigenvalue weighted by molar-refractivity contribution is 9.10. The van der Waals surface area contributed by atoms with E-state index in [1.807, 2.05) is 6.92 Å². The van der Waals surface area contributed by atoms with E-state index in [2.05, 4.69) is 31.1 Å². The molecule has 0 unspecified atom stereocenters. The summed E-state index contributed by atoms with van der Waals surface area (Å²) >= 11 is 3.28. The third-order valence-electron chi connectivity index (χ3n) is 2.98. The second kappa shape index (κ2) is 6.87. The van der Waals surface area contributed by atoms with Crippen molar-refractivity contribution in [3.05, 3.63) is 40.1 Å². The molecule has 0 aliphatic heterocycles. The standard InChI is InChI=1S/C14H14BrF2N3O2/c1-3-20-12(10(15)7-18-20)13(21)19-11-5-4-9(6-8(11)2)22-14(16)17/h4-7,14H,3H2,1-2H3,(H,19,21). The van der Waals surface area contributed by atoms with Crippen LogP contribution in [0.3, 0.4) is 0 Å². The Morgan fingerprint density at radius 2 is 2.23 bits per heavy atom. The molecule has 0 saturated carbocycles. The second-order valence-corrected chi connectivity index (χ2v) is 5.32. The fourth-order valence-corrected chi connectivity index (χ4v) is 2.44. The molecule has 1 aromatic carbocycles. The third-order valence-corrected chi connectivity index (χ3v) is 3.56. The van der Waals surface area contributed by atoms with E-state index >= 15 is 0 Å². The van der Waals surface area contributed by atoms with Crippen LogP contribution >= 0.6 is 15.9 Å². The Labute approximate surface area is 134 Å². The summed E-state index contributed by atoms with van der Waals surface area (Å²) in [5.74, 6) is -0.290. The number of nitrogens with zero attached hydrogens (tertiary/aromatic N) is 2. The number of carbonyl (C=O) groups excluding carboxylic acids is 1. The van der Waals surface area contributed by atoms with Gasteiger partial charge in [-0.2, -0.15) is 13.9 Å². The molecule has 22 heavy (non-hydrogen) atoms. The van der Waals surface area contributed by atoms with Gasteiger partial charge in [0.1, 0.15) is 11.4 Å². The number of nitrogens with one attached hydrogen (secondary N) is 1. The van der Waals surface area contributed by atoms with E-state index in [0.717, 1.165) is 0 Å². The molecular weight excluding hydrogens is 360 g/mol. The van der Waals surface area contributed by atoms with Crippen molar-refractivity contribution in [3.8, 4) is 5.75 Å². The van der Waals surface area contributed by atoms with Crippen LogP contribution in [0.4, 0.5) is 14.5 Å². The number of hydrogen-bond acceptors (Lipinski definition) is 3. The molecule has 2 rings (SSSR count). The Bertz CT molecular complexity index is 689. The molecule has 0 spiro atoms. The molecule has 0 atom stereocenters. The minimum Gasteiger partial charge on any atom is -0.435 e. The van der Waals surface area contributed by atoms with Gasteiger partial charge in [-0.3, -0.25) is 9.48 Å². The van der Waals surface area contributed by atoms with Gasteiger partial charge in [0.15, 0.2) is 0 Å². The van der Waals surface area contributed by atoms with Crippen LogP contribution in [-0.4, -0.2) is 22.3 Å². The first-order chi connectivity index (χ1) is 10.4. The van der Waals surface area contributed by atoms with Gasteiger partial charge in [-0.15, -0.1) is 0 Å². The van der Waals surface area contributed by atoms with Crippen molar-refractivity contribution in [1.82, 2.24) is 9.78 Å². The lowest BCUT2D eigenvalue weighted by molar-refractivity contribution is -0.0498. The fraction of sp³-hybridized carbons (Fsp3) is 0.286. The maximum Gasteiger partial charge on any atom is 0.387 e. The van der Waals surface area contributed by atoms with Crippen LogP contribution in [0.1, 0.15) is 23.0 Å². The zero-order chi connectivity index (χ0) is 16.3. The van der Waals surface area contributed by atoms with Crippen molar-refractivity contribution in [2.45, 2.75) is 27.0 Å². The lowest BCUT2D eigenvalue weighted by Gasteiger charge is -2.11. The van der Waals surface area contributed by atoms with Crippen LogP contribution in [0.2, 0.25) is 0 Å². The van der Waals surface area contributed by atoms with Gasteiger partial charge >= 0.3 is 6.61 Å². The van der Waals surface area contributed by atoms with Gasteiger partial charge < -0.3 is 10.1 Å². The molecule has 0 saturated heterocycles. The quantitative estimate of drug-likeness (QED) is 0.866. The summed E-state index contributed by atoms with van der Waals surface area (Å²) in [6.45, 7) is 1.24.